The van der Waals surface area contributed by atoms with Gasteiger partial charge in [-0.15, -0.1) is 0 Å². The van der Waals surface area contributed by atoms with Crippen LogP contribution in [0.1, 0.15) is 19.8 Å². The molecule has 0 spiro atoms. The number of anilines is 1. The molecular formula is C16H18N4O2. The lowest BCUT2D eigenvalue weighted by molar-refractivity contribution is -0.117. The van der Waals surface area contributed by atoms with Gasteiger partial charge < -0.3 is 20.5 Å². The molecule has 1 aromatic carbocycles. The van der Waals surface area contributed by atoms with E-state index in [4.69, 9.17) is 10.2 Å². The molecule has 22 heavy (non-hydrogen) atoms. The summed E-state index contributed by atoms with van der Waals surface area (Å²) in [5.74, 6) is 1.16. The van der Waals surface area contributed by atoms with Gasteiger partial charge in [-0.1, -0.05) is 13.3 Å². The molecule has 114 valence electrons. The van der Waals surface area contributed by atoms with Crippen molar-refractivity contribution in [1.29, 1.82) is 0 Å². The monoisotopic (exact) mass is 298 g/mol. The largest absolute Gasteiger partial charge is 0.461 e. The first-order valence-corrected chi connectivity index (χ1v) is 7.27. The number of aromatic nitrogens is 2. The molecule has 3 rings (SSSR count). The maximum Gasteiger partial charge on any atom is 0.241 e. The first-order valence-electron chi connectivity index (χ1n) is 7.27. The molecule has 2 aromatic heterocycles. The van der Waals surface area contributed by atoms with Gasteiger partial charge in [0.25, 0.3) is 0 Å². The molecule has 0 aliphatic rings. The second-order valence-electron chi connectivity index (χ2n) is 5.18. The van der Waals surface area contributed by atoms with E-state index >= 15 is 0 Å². The summed E-state index contributed by atoms with van der Waals surface area (Å²) in [6, 6.07) is 8.66. The second kappa shape index (κ2) is 6.03. The number of benzene rings is 1. The quantitative estimate of drug-likeness (QED) is 0.674. The van der Waals surface area contributed by atoms with Crippen molar-refractivity contribution in [2.24, 2.45) is 5.73 Å². The molecule has 6 heteroatoms. The summed E-state index contributed by atoms with van der Waals surface area (Å²) in [5, 5.41) is 2.83. The van der Waals surface area contributed by atoms with Crippen LogP contribution in [0.15, 0.2) is 41.0 Å². The van der Waals surface area contributed by atoms with E-state index in [9.17, 15) is 4.79 Å². The molecule has 3 aromatic rings. The Morgan fingerprint density at radius 2 is 2.32 bits per heavy atom. The minimum Gasteiger partial charge on any atom is -0.461 e. The predicted octanol–water partition coefficient (Wildman–Crippen LogP) is 2.89. The Kier molecular flexibility index (Phi) is 3.93. The first-order chi connectivity index (χ1) is 10.7. The van der Waals surface area contributed by atoms with Gasteiger partial charge in [-0.05, 0) is 36.8 Å². The Morgan fingerprint density at radius 3 is 3.05 bits per heavy atom. The normalized spacial score (nSPS) is 12.5. The van der Waals surface area contributed by atoms with Gasteiger partial charge >= 0.3 is 0 Å². The fraction of sp³-hybridized carbons (Fsp3) is 0.250. The van der Waals surface area contributed by atoms with E-state index in [2.05, 4.69) is 15.3 Å². The van der Waals surface area contributed by atoms with Crippen LogP contribution < -0.4 is 11.1 Å². The molecule has 6 nitrogen and oxygen atoms in total. The van der Waals surface area contributed by atoms with Gasteiger partial charge in [-0.2, -0.15) is 0 Å². The Balaban J connectivity index is 1.82. The van der Waals surface area contributed by atoms with Crippen molar-refractivity contribution in [2.45, 2.75) is 25.8 Å². The number of hydrogen-bond donors (Lipinski definition) is 3. The zero-order chi connectivity index (χ0) is 15.5. The van der Waals surface area contributed by atoms with E-state index in [1.54, 1.807) is 6.26 Å². The molecule has 0 aliphatic carbocycles. The average molecular weight is 298 g/mol. The van der Waals surface area contributed by atoms with Crippen molar-refractivity contribution >= 4 is 22.6 Å². The number of hydrogen-bond acceptors (Lipinski definition) is 4. The lowest BCUT2D eigenvalue weighted by Gasteiger charge is -2.10. The molecule has 0 saturated heterocycles. The van der Waals surface area contributed by atoms with Crippen molar-refractivity contribution in [1.82, 2.24) is 9.97 Å². The Bertz CT molecular complexity index is 777. The number of rotatable bonds is 5. The molecule has 0 aliphatic heterocycles. The minimum absolute atomic E-state index is 0.174. The van der Waals surface area contributed by atoms with Crippen LogP contribution in [0.3, 0.4) is 0 Å². The molecule has 0 bridgehead atoms. The van der Waals surface area contributed by atoms with Crippen LogP contribution in [0, 0.1) is 0 Å². The van der Waals surface area contributed by atoms with Gasteiger partial charge in [-0.25, -0.2) is 4.98 Å². The number of nitrogens with one attached hydrogen (secondary N) is 2. The number of fused-ring (bicyclic) bond motifs is 1. The molecule has 2 heterocycles. The van der Waals surface area contributed by atoms with Crippen LogP contribution in [0.4, 0.5) is 5.69 Å². The van der Waals surface area contributed by atoms with Crippen LogP contribution in [0.5, 0.6) is 0 Å². The van der Waals surface area contributed by atoms with Crippen LogP contribution >= 0.6 is 0 Å². The highest BCUT2D eigenvalue weighted by molar-refractivity contribution is 5.96. The number of H-pyrrole nitrogens is 1. The van der Waals surface area contributed by atoms with Gasteiger partial charge in [0.15, 0.2) is 11.6 Å². The highest BCUT2D eigenvalue weighted by Gasteiger charge is 2.13. The molecule has 0 fully saturated rings. The van der Waals surface area contributed by atoms with E-state index in [1.165, 1.54) is 0 Å². The fourth-order valence-corrected chi connectivity index (χ4v) is 2.29. The van der Waals surface area contributed by atoms with Crippen molar-refractivity contribution in [2.75, 3.05) is 5.32 Å². The highest BCUT2D eigenvalue weighted by atomic mass is 16.3. The number of amides is 1. The topological polar surface area (TPSA) is 96.9 Å². The predicted molar refractivity (Wildman–Crippen MR) is 85.3 cm³/mol. The van der Waals surface area contributed by atoms with Gasteiger partial charge in [-0.3, -0.25) is 4.79 Å². The number of aromatic amines is 1. The molecule has 0 saturated carbocycles. The minimum atomic E-state index is -0.485. The second-order valence-corrected chi connectivity index (χ2v) is 5.18. The van der Waals surface area contributed by atoms with Gasteiger partial charge in [0.05, 0.1) is 23.3 Å². The third kappa shape index (κ3) is 2.87. The Labute approximate surface area is 127 Å². The highest BCUT2D eigenvalue weighted by Crippen LogP contribution is 2.23. The third-order valence-corrected chi connectivity index (χ3v) is 3.44. The van der Waals surface area contributed by atoms with E-state index in [0.29, 0.717) is 23.7 Å². The third-order valence-electron chi connectivity index (χ3n) is 3.44. The standard InChI is InChI=1S/C16H18N4O2/c1-2-4-11(17)16(21)18-10-6-7-12-13(9-10)20-15(19-12)14-5-3-8-22-14/h3,5-9,11H,2,4,17H2,1H3,(H,18,21)(H,19,20). The summed E-state index contributed by atoms with van der Waals surface area (Å²) < 4.78 is 5.32. The summed E-state index contributed by atoms with van der Waals surface area (Å²) in [4.78, 5) is 19.6. The van der Waals surface area contributed by atoms with Crippen LogP contribution in [-0.2, 0) is 4.79 Å². The molecular weight excluding hydrogens is 280 g/mol. The van der Waals surface area contributed by atoms with Crippen molar-refractivity contribution in [3.8, 4) is 11.6 Å². The smallest absolute Gasteiger partial charge is 0.241 e. The summed E-state index contributed by atoms with van der Waals surface area (Å²) >= 11 is 0. The van der Waals surface area contributed by atoms with Gasteiger partial charge in [0, 0.05) is 5.69 Å². The van der Waals surface area contributed by atoms with Gasteiger partial charge in [0.2, 0.25) is 5.91 Å². The van der Waals surface area contributed by atoms with Crippen molar-refractivity contribution in [3.05, 3.63) is 36.6 Å². The summed E-state index contributed by atoms with van der Waals surface area (Å²) in [6.45, 7) is 2.00. The number of nitrogens with two attached hydrogens (primary N) is 1. The number of furan rings is 1. The molecule has 4 N–H and O–H groups in total. The van der Waals surface area contributed by atoms with Crippen molar-refractivity contribution < 1.29 is 9.21 Å². The number of imidazole rings is 1. The lowest BCUT2D eigenvalue weighted by Crippen LogP contribution is -2.35. The zero-order valence-corrected chi connectivity index (χ0v) is 12.3. The Hall–Kier alpha value is -2.60. The van der Waals surface area contributed by atoms with Crippen molar-refractivity contribution in [3.63, 3.8) is 0 Å². The van der Waals surface area contributed by atoms with Crippen LogP contribution in [0.2, 0.25) is 0 Å². The zero-order valence-electron chi connectivity index (χ0n) is 12.3. The van der Waals surface area contributed by atoms with E-state index in [-0.39, 0.29) is 5.91 Å². The van der Waals surface area contributed by atoms with E-state index in [1.807, 2.05) is 37.3 Å². The maximum atomic E-state index is 12.0. The molecule has 0 radical (unpaired) electrons. The number of nitrogens with zero attached hydrogens (tertiary/aromatic N) is 1. The Morgan fingerprint density at radius 1 is 1.45 bits per heavy atom. The lowest BCUT2D eigenvalue weighted by atomic mass is 10.1. The fourth-order valence-electron chi connectivity index (χ4n) is 2.29. The maximum absolute atomic E-state index is 12.0. The van der Waals surface area contributed by atoms with Crippen LogP contribution in [-0.4, -0.2) is 21.9 Å². The molecule has 1 amide bonds. The average Bonchev–Trinajstić information content (AvgIpc) is 3.15. The number of carbonyl (C=O) groups is 1. The van der Waals surface area contributed by atoms with Gasteiger partial charge in [0.1, 0.15) is 0 Å². The van der Waals surface area contributed by atoms with E-state index in [0.717, 1.165) is 17.5 Å². The number of carbonyl (C=O) groups excluding carboxylic acids is 1. The summed E-state index contributed by atoms with van der Waals surface area (Å²) in [5.41, 5.74) is 8.14. The first kappa shape index (κ1) is 14.3. The van der Waals surface area contributed by atoms with Crippen LogP contribution in [0.25, 0.3) is 22.6 Å². The molecule has 1 atom stereocenters. The summed E-state index contributed by atoms with van der Waals surface area (Å²) in [7, 11) is 0. The van der Waals surface area contributed by atoms with E-state index < -0.39 is 6.04 Å². The SMILES string of the molecule is CCCC(N)C(=O)Nc1ccc2nc(-c3ccco3)[nH]c2c1. The summed E-state index contributed by atoms with van der Waals surface area (Å²) in [6.07, 6.45) is 3.14. The molecule has 1 unspecified atom stereocenters.